The smallest absolute Gasteiger partial charge is 0.146 e. The van der Waals surface area contributed by atoms with Crippen LogP contribution in [0.3, 0.4) is 0 Å². The second-order valence-corrected chi connectivity index (χ2v) is 4.92. The van der Waals surface area contributed by atoms with Crippen LogP contribution in [-0.4, -0.2) is 4.98 Å². The van der Waals surface area contributed by atoms with Crippen LogP contribution in [0.1, 0.15) is 5.56 Å². The molecule has 0 amide bonds. The minimum absolute atomic E-state index is 0.315. The van der Waals surface area contributed by atoms with Crippen LogP contribution in [0.5, 0.6) is 0 Å². The number of hydrogen-bond donors (Lipinski definition) is 1. The van der Waals surface area contributed by atoms with Crippen LogP contribution in [0.25, 0.3) is 0 Å². The van der Waals surface area contributed by atoms with Gasteiger partial charge in [0.1, 0.15) is 11.6 Å². The van der Waals surface area contributed by atoms with Gasteiger partial charge in [-0.25, -0.2) is 9.37 Å². The van der Waals surface area contributed by atoms with E-state index in [1.54, 1.807) is 6.20 Å². The molecule has 0 saturated carbocycles. The molecule has 88 valence electrons. The van der Waals surface area contributed by atoms with Gasteiger partial charge in [0, 0.05) is 15.7 Å². The van der Waals surface area contributed by atoms with Crippen LogP contribution in [0.4, 0.5) is 15.9 Å². The molecule has 0 radical (unpaired) electrons. The molecule has 0 bridgehead atoms. The number of nitrogens with zero attached hydrogens (tertiary/aromatic N) is 1. The first-order valence-corrected chi connectivity index (χ1v) is 6.07. The Morgan fingerprint density at radius 3 is 2.82 bits per heavy atom. The van der Waals surface area contributed by atoms with Crippen molar-refractivity contribution >= 4 is 39.0 Å². The van der Waals surface area contributed by atoms with Gasteiger partial charge in [-0.15, -0.1) is 0 Å². The Bertz CT molecular complexity index is 560. The van der Waals surface area contributed by atoms with Crippen LogP contribution >= 0.6 is 27.5 Å². The summed E-state index contributed by atoms with van der Waals surface area (Å²) in [5.74, 6) is 0.243. The molecular weight excluding hydrogens is 307 g/mol. The maximum atomic E-state index is 13.5. The highest BCUT2D eigenvalue weighted by atomic mass is 79.9. The van der Waals surface area contributed by atoms with Gasteiger partial charge < -0.3 is 5.32 Å². The van der Waals surface area contributed by atoms with E-state index in [9.17, 15) is 4.39 Å². The molecule has 2 rings (SSSR count). The molecule has 1 aromatic heterocycles. The molecule has 2 nitrogen and oxygen atoms in total. The van der Waals surface area contributed by atoms with Gasteiger partial charge in [-0.2, -0.15) is 0 Å². The first-order valence-electron chi connectivity index (χ1n) is 4.90. The van der Waals surface area contributed by atoms with Crippen molar-refractivity contribution in [3.05, 3.63) is 51.3 Å². The zero-order valence-corrected chi connectivity index (χ0v) is 11.3. The number of aryl methyl sites for hydroxylation is 1. The van der Waals surface area contributed by atoms with Gasteiger partial charge in [-0.05, 0) is 52.7 Å². The number of hydrogen-bond acceptors (Lipinski definition) is 2. The molecule has 0 spiro atoms. The maximum absolute atomic E-state index is 13.5. The minimum atomic E-state index is -0.362. The summed E-state index contributed by atoms with van der Waals surface area (Å²) in [6, 6.07) is 6.25. The molecule has 17 heavy (non-hydrogen) atoms. The van der Waals surface area contributed by atoms with E-state index in [0.29, 0.717) is 16.5 Å². The van der Waals surface area contributed by atoms with Crippen LogP contribution in [-0.2, 0) is 0 Å². The summed E-state index contributed by atoms with van der Waals surface area (Å²) in [4.78, 5) is 4.18. The van der Waals surface area contributed by atoms with Crippen molar-refractivity contribution in [1.29, 1.82) is 0 Å². The van der Waals surface area contributed by atoms with Crippen LogP contribution in [0, 0.1) is 12.7 Å². The molecule has 2 aromatic rings. The molecule has 1 N–H and O–H groups in total. The Morgan fingerprint density at radius 1 is 1.35 bits per heavy atom. The summed E-state index contributed by atoms with van der Waals surface area (Å²) in [6.07, 6.45) is 1.65. The fraction of sp³-hybridized carbons (Fsp3) is 0.0833. The third-order valence-electron chi connectivity index (χ3n) is 2.23. The lowest BCUT2D eigenvalue weighted by molar-refractivity contribution is 0.632. The number of anilines is 2. The fourth-order valence-corrected chi connectivity index (χ4v) is 2.01. The lowest BCUT2D eigenvalue weighted by Gasteiger charge is -2.09. The molecule has 0 fully saturated rings. The van der Waals surface area contributed by atoms with E-state index < -0.39 is 0 Å². The van der Waals surface area contributed by atoms with E-state index >= 15 is 0 Å². The Morgan fingerprint density at radius 2 is 2.12 bits per heavy atom. The normalized spacial score (nSPS) is 10.4. The fourth-order valence-electron chi connectivity index (χ4n) is 1.39. The van der Waals surface area contributed by atoms with Crippen molar-refractivity contribution in [3.8, 4) is 0 Å². The summed E-state index contributed by atoms with van der Waals surface area (Å²) < 4.78 is 14.4. The molecule has 0 unspecified atom stereocenters. The van der Waals surface area contributed by atoms with E-state index in [2.05, 4.69) is 26.2 Å². The predicted octanol–water partition coefficient (Wildman–Crippen LogP) is 4.69. The number of benzene rings is 1. The summed E-state index contributed by atoms with van der Waals surface area (Å²) in [6.45, 7) is 1.89. The Labute approximate surface area is 112 Å². The van der Waals surface area contributed by atoms with Crippen molar-refractivity contribution in [3.63, 3.8) is 0 Å². The quantitative estimate of drug-likeness (QED) is 0.869. The first-order chi connectivity index (χ1) is 8.06. The van der Waals surface area contributed by atoms with Crippen molar-refractivity contribution in [1.82, 2.24) is 4.98 Å². The number of pyridine rings is 1. The second kappa shape index (κ2) is 5.02. The van der Waals surface area contributed by atoms with Crippen molar-refractivity contribution in [2.75, 3.05) is 5.32 Å². The van der Waals surface area contributed by atoms with Crippen LogP contribution < -0.4 is 5.32 Å². The van der Waals surface area contributed by atoms with Crippen LogP contribution in [0.2, 0.25) is 5.02 Å². The van der Waals surface area contributed by atoms with Crippen molar-refractivity contribution in [2.24, 2.45) is 0 Å². The molecule has 0 aliphatic carbocycles. The van der Waals surface area contributed by atoms with Gasteiger partial charge in [0.15, 0.2) is 0 Å². The summed E-state index contributed by atoms with van der Waals surface area (Å²) >= 11 is 9.14. The highest BCUT2D eigenvalue weighted by molar-refractivity contribution is 9.10. The molecular formula is C12H9BrClFN2. The number of rotatable bonds is 2. The average molecular weight is 316 g/mol. The summed E-state index contributed by atoms with van der Waals surface area (Å²) in [7, 11) is 0. The van der Waals surface area contributed by atoms with E-state index in [0.717, 1.165) is 10.0 Å². The van der Waals surface area contributed by atoms with Crippen molar-refractivity contribution < 1.29 is 4.39 Å². The van der Waals surface area contributed by atoms with Crippen molar-refractivity contribution in [2.45, 2.75) is 6.92 Å². The molecule has 0 atom stereocenters. The van der Waals surface area contributed by atoms with E-state index in [-0.39, 0.29) is 5.82 Å². The average Bonchev–Trinajstić information content (AvgIpc) is 2.27. The van der Waals surface area contributed by atoms with Gasteiger partial charge in [-0.3, -0.25) is 0 Å². The molecule has 1 heterocycles. The zero-order valence-electron chi connectivity index (χ0n) is 8.97. The van der Waals surface area contributed by atoms with E-state index in [1.165, 1.54) is 18.2 Å². The molecule has 0 saturated heterocycles. The third-order valence-corrected chi connectivity index (χ3v) is 2.90. The topological polar surface area (TPSA) is 24.9 Å². The van der Waals surface area contributed by atoms with E-state index in [4.69, 9.17) is 11.6 Å². The SMILES string of the molecule is Cc1cc(Br)cnc1Nc1cc(Cl)ccc1F. The number of nitrogens with one attached hydrogen (secondary N) is 1. The number of halogens is 3. The van der Waals surface area contributed by atoms with Gasteiger partial charge >= 0.3 is 0 Å². The highest BCUT2D eigenvalue weighted by Gasteiger charge is 2.06. The molecule has 0 aliphatic heterocycles. The maximum Gasteiger partial charge on any atom is 0.146 e. The van der Waals surface area contributed by atoms with Gasteiger partial charge in [-0.1, -0.05) is 11.6 Å². The standard InChI is InChI=1S/C12H9BrClFN2/c1-7-4-8(13)6-16-12(7)17-11-5-9(14)2-3-10(11)15/h2-6H,1H3,(H,16,17). The summed E-state index contributed by atoms with van der Waals surface area (Å²) in [5, 5.41) is 3.39. The van der Waals surface area contributed by atoms with Crippen LogP contribution in [0.15, 0.2) is 34.9 Å². The predicted molar refractivity (Wildman–Crippen MR) is 71.4 cm³/mol. The van der Waals surface area contributed by atoms with Gasteiger partial charge in [0.25, 0.3) is 0 Å². The number of aromatic nitrogens is 1. The van der Waals surface area contributed by atoms with Gasteiger partial charge in [0.2, 0.25) is 0 Å². The Balaban J connectivity index is 2.34. The minimum Gasteiger partial charge on any atom is -0.338 e. The monoisotopic (exact) mass is 314 g/mol. The van der Waals surface area contributed by atoms with Gasteiger partial charge in [0.05, 0.1) is 5.69 Å². The highest BCUT2D eigenvalue weighted by Crippen LogP contribution is 2.25. The molecule has 0 aliphatic rings. The molecule has 1 aromatic carbocycles. The Hall–Kier alpha value is -1.13. The first kappa shape index (κ1) is 12.3. The Kier molecular flexibility index (Phi) is 3.64. The largest absolute Gasteiger partial charge is 0.338 e. The zero-order chi connectivity index (χ0) is 12.4. The summed E-state index contributed by atoms with van der Waals surface area (Å²) in [5.41, 5.74) is 1.23. The van der Waals surface area contributed by atoms with E-state index in [1.807, 2.05) is 13.0 Å². The lowest BCUT2D eigenvalue weighted by Crippen LogP contribution is -1.98. The second-order valence-electron chi connectivity index (χ2n) is 3.57. The third kappa shape index (κ3) is 2.96. The molecule has 5 heteroatoms. The lowest BCUT2D eigenvalue weighted by atomic mass is 10.2.